The van der Waals surface area contributed by atoms with Gasteiger partial charge in [-0.1, -0.05) is 12.1 Å². The molecule has 0 saturated heterocycles. The van der Waals surface area contributed by atoms with E-state index in [4.69, 9.17) is 5.73 Å². The lowest BCUT2D eigenvalue weighted by molar-refractivity contribution is 0.0833. The molecule has 1 aliphatic carbocycles. The molecule has 3 nitrogen and oxygen atoms in total. The van der Waals surface area contributed by atoms with Crippen LogP contribution in [-0.2, 0) is 12.0 Å². The Balaban J connectivity index is 2.21. The maximum absolute atomic E-state index is 13.7. The van der Waals surface area contributed by atoms with Crippen molar-refractivity contribution in [1.82, 2.24) is 4.98 Å². The number of halogens is 1. The van der Waals surface area contributed by atoms with Gasteiger partial charge in [0.15, 0.2) is 0 Å². The minimum atomic E-state index is -1.23. The van der Waals surface area contributed by atoms with E-state index < -0.39 is 5.60 Å². The monoisotopic (exact) mass is 244 g/mol. The second-order valence-corrected chi connectivity index (χ2v) is 4.59. The van der Waals surface area contributed by atoms with Crippen LogP contribution in [-0.4, -0.2) is 10.1 Å². The van der Waals surface area contributed by atoms with Crippen LogP contribution in [0.5, 0.6) is 0 Å². The Morgan fingerprint density at radius 2 is 2.11 bits per heavy atom. The van der Waals surface area contributed by atoms with Gasteiger partial charge < -0.3 is 10.8 Å². The fraction of sp³-hybridized carbons (Fsp3) is 0.214. The third-order valence-electron chi connectivity index (χ3n) is 3.60. The van der Waals surface area contributed by atoms with Crippen molar-refractivity contribution in [3.05, 3.63) is 59.2 Å². The van der Waals surface area contributed by atoms with Crippen molar-refractivity contribution in [2.45, 2.75) is 18.4 Å². The molecule has 3 N–H and O–H groups in total. The summed E-state index contributed by atoms with van der Waals surface area (Å²) >= 11 is 0. The van der Waals surface area contributed by atoms with E-state index in [9.17, 15) is 9.50 Å². The van der Waals surface area contributed by atoms with Gasteiger partial charge in [0.25, 0.3) is 0 Å². The molecule has 1 aromatic heterocycles. The van der Waals surface area contributed by atoms with E-state index in [-0.39, 0.29) is 5.82 Å². The van der Waals surface area contributed by atoms with Crippen molar-refractivity contribution in [1.29, 1.82) is 0 Å². The molecule has 0 fully saturated rings. The lowest BCUT2D eigenvalue weighted by Gasteiger charge is -2.25. The number of aromatic nitrogens is 1. The standard InChI is InChI=1S/C14H13FN2O/c15-12-3-1-2-10-9(12)4-6-14(10,18)11-8-17-7-5-13(11)16/h1-3,5,7-8,18H,4,6H2,(H2,16,17). The first-order chi connectivity index (χ1) is 8.63. The number of pyridine rings is 1. The smallest absolute Gasteiger partial charge is 0.126 e. The number of nitrogens with two attached hydrogens (primary N) is 1. The Kier molecular flexibility index (Phi) is 2.35. The largest absolute Gasteiger partial charge is 0.398 e. The first-order valence-electron chi connectivity index (χ1n) is 5.83. The van der Waals surface area contributed by atoms with E-state index in [0.29, 0.717) is 35.2 Å². The van der Waals surface area contributed by atoms with Gasteiger partial charge in [-0.2, -0.15) is 0 Å². The average Bonchev–Trinajstić information content (AvgIpc) is 2.70. The summed E-state index contributed by atoms with van der Waals surface area (Å²) in [5.41, 5.74) is 6.86. The first-order valence-corrected chi connectivity index (χ1v) is 5.83. The molecule has 0 saturated carbocycles. The van der Waals surface area contributed by atoms with E-state index >= 15 is 0 Å². The van der Waals surface area contributed by atoms with E-state index in [0.717, 1.165) is 0 Å². The normalized spacial score (nSPS) is 21.9. The van der Waals surface area contributed by atoms with Crippen LogP contribution in [0.3, 0.4) is 0 Å². The summed E-state index contributed by atoms with van der Waals surface area (Å²) in [5, 5.41) is 10.8. The van der Waals surface area contributed by atoms with Gasteiger partial charge in [0, 0.05) is 23.6 Å². The van der Waals surface area contributed by atoms with Crippen LogP contribution in [0.25, 0.3) is 0 Å². The molecule has 1 heterocycles. The number of aliphatic hydroxyl groups is 1. The Morgan fingerprint density at radius 1 is 1.28 bits per heavy atom. The Morgan fingerprint density at radius 3 is 2.89 bits per heavy atom. The summed E-state index contributed by atoms with van der Waals surface area (Å²) < 4.78 is 13.7. The van der Waals surface area contributed by atoms with E-state index in [2.05, 4.69) is 4.98 Å². The molecule has 0 aliphatic heterocycles. The zero-order valence-corrected chi connectivity index (χ0v) is 9.73. The topological polar surface area (TPSA) is 59.1 Å². The van der Waals surface area contributed by atoms with Crippen molar-refractivity contribution in [2.75, 3.05) is 5.73 Å². The van der Waals surface area contributed by atoms with Crippen LogP contribution >= 0.6 is 0 Å². The third-order valence-corrected chi connectivity index (χ3v) is 3.60. The number of rotatable bonds is 1. The SMILES string of the molecule is Nc1ccncc1C1(O)CCc2c(F)cccc21. The minimum Gasteiger partial charge on any atom is -0.398 e. The third kappa shape index (κ3) is 1.42. The molecular formula is C14H13FN2O. The summed E-state index contributed by atoms with van der Waals surface area (Å²) in [7, 11) is 0. The van der Waals surface area contributed by atoms with Crippen molar-refractivity contribution in [2.24, 2.45) is 0 Å². The van der Waals surface area contributed by atoms with Gasteiger partial charge in [0.1, 0.15) is 11.4 Å². The van der Waals surface area contributed by atoms with Gasteiger partial charge in [-0.05, 0) is 36.1 Å². The summed E-state index contributed by atoms with van der Waals surface area (Å²) in [6.45, 7) is 0. The zero-order chi connectivity index (χ0) is 12.8. The number of anilines is 1. The molecule has 18 heavy (non-hydrogen) atoms. The lowest BCUT2D eigenvalue weighted by Crippen LogP contribution is -2.25. The lowest BCUT2D eigenvalue weighted by atomic mass is 9.88. The molecule has 92 valence electrons. The second-order valence-electron chi connectivity index (χ2n) is 4.59. The van der Waals surface area contributed by atoms with E-state index in [1.807, 2.05) is 0 Å². The minimum absolute atomic E-state index is 0.272. The van der Waals surface area contributed by atoms with Gasteiger partial charge in [-0.3, -0.25) is 4.98 Å². The predicted molar refractivity (Wildman–Crippen MR) is 66.4 cm³/mol. The second kappa shape index (κ2) is 3.78. The summed E-state index contributed by atoms with van der Waals surface area (Å²) in [4.78, 5) is 4.00. The molecule has 2 aromatic rings. The van der Waals surface area contributed by atoms with Crippen molar-refractivity contribution < 1.29 is 9.50 Å². The van der Waals surface area contributed by atoms with E-state index in [1.165, 1.54) is 6.07 Å². The zero-order valence-electron chi connectivity index (χ0n) is 9.73. The van der Waals surface area contributed by atoms with Gasteiger partial charge in [-0.25, -0.2) is 4.39 Å². The highest BCUT2D eigenvalue weighted by atomic mass is 19.1. The fourth-order valence-corrected chi connectivity index (χ4v) is 2.67. The van der Waals surface area contributed by atoms with Crippen molar-refractivity contribution >= 4 is 5.69 Å². The number of nitrogen functional groups attached to an aromatic ring is 1. The Labute approximate surface area is 104 Å². The van der Waals surface area contributed by atoms with Gasteiger partial charge in [0.05, 0.1) is 0 Å². The number of hydrogen-bond acceptors (Lipinski definition) is 3. The quantitative estimate of drug-likeness (QED) is 0.806. The van der Waals surface area contributed by atoms with Crippen LogP contribution in [0.15, 0.2) is 36.7 Å². The van der Waals surface area contributed by atoms with Crippen molar-refractivity contribution in [3.63, 3.8) is 0 Å². The van der Waals surface area contributed by atoms with Crippen molar-refractivity contribution in [3.8, 4) is 0 Å². The van der Waals surface area contributed by atoms with Gasteiger partial charge in [0.2, 0.25) is 0 Å². The Hall–Kier alpha value is -1.94. The van der Waals surface area contributed by atoms with Crippen LogP contribution < -0.4 is 5.73 Å². The number of benzene rings is 1. The molecule has 0 spiro atoms. The molecule has 1 aliphatic rings. The molecule has 4 heteroatoms. The van der Waals surface area contributed by atoms with Gasteiger partial charge >= 0.3 is 0 Å². The highest BCUT2D eigenvalue weighted by Gasteiger charge is 2.40. The predicted octanol–water partition coefficient (Wildman–Crippen LogP) is 1.98. The molecule has 1 aromatic carbocycles. The number of fused-ring (bicyclic) bond motifs is 1. The molecule has 3 rings (SSSR count). The maximum Gasteiger partial charge on any atom is 0.126 e. The van der Waals surface area contributed by atoms with Crippen LogP contribution in [0.1, 0.15) is 23.1 Å². The highest BCUT2D eigenvalue weighted by Crippen LogP contribution is 2.44. The van der Waals surface area contributed by atoms with Crippen LogP contribution in [0, 0.1) is 5.82 Å². The summed E-state index contributed by atoms with van der Waals surface area (Å²) in [6, 6.07) is 6.41. The van der Waals surface area contributed by atoms with Gasteiger partial charge in [-0.15, -0.1) is 0 Å². The highest BCUT2D eigenvalue weighted by molar-refractivity contribution is 5.55. The number of hydrogen-bond donors (Lipinski definition) is 2. The van der Waals surface area contributed by atoms with E-state index in [1.54, 1.807) is 30.6 Å². The molecule has 1 atom stereocenters. The summed E-state index contributed by atoms with van der Waals surface area (Å²) in [6.07, 6.45) is 4.06. The average molecular weight is 244 g/mol. The molecule has 0 radical (unpaired) electrons. The first kappa shape index (κ1) is 11.2. The molecule has 1 unspecified atom stereocenters. The maximum atomic E-state index is 13.7. The summed E-state index contributed by atoms with van der Waals surface area (Å²) in [5.74, 6) is -0.272. The molecular weight excluding hydrogens is 231 g/mol. The number of nitrogens with zero attached hydrogens (tertiary/aromatic N) is 1. The van der Waals surface area contributed by atoms with Crippen LogP contribution in [0.2, 0.25) is 0 Å². The fourth-order valence-electron chi connectivity index (χ4n) is 2.67. The molecule has 0 amide bonds. The molecule has 0 bridgehead atoms. The van der Waals surface area contributed by atoms with Crippen LogP contribution in [0.4, 0.5) is 10.1 Å². The Bertz CT molecular complexity index is 614.